The average molecular weight is 1230 g/mol. The van der Waals surface area contributed by atoms with E-state index in [4.69, 9.17) is 59.8 Å². The highest BCUT2D eigenvalue weighted by molar-refractivity contribution is 6.67. The zero-order valence-electron chi connectivity index (χ0n) is 49.7. The summed E-state index contributed by atoms with van der Waals surface area (Å²) in [6.45, 7) is 17.4. The van der Waals surface area contributed by atoms with Crippen LogP contribution in [0, 0.1) is 13.8 Å². The molecule has 10 aromatic rings. The Balaban J connectivity index is 0.000000198. The van der Waals surface area contributed by atoms with E-state index in [1.165, 1.54) is 11.1 Å². The predicted octanol–water partition coefficient (Wildman–Crippen LogP) is 17.5. The predicted molar refractivity (Wildman–Crippen MR) is 357 cm³/mol. The number of nitrogens with two attached hydrogens (primary N) is 1. The minimum atomic E-state index is -1.66. The standard InChI is InChI=1S/C33H35N5O2.C18H18N2O.C17H20Cl3N3O2.CH4/c1-23-11-13-25(14-12-23)38-31(22-30(37-38)33(2,3)4)36-32(39)35-28-15-16-29(27-10-6-5-9-26(27)28)40-21-7-8-24-17-19-34-20-18-24;19-17-7-8-18(16-6-2-1-5-15(16)17)21-13-3-4-14-9-11-20-12-10-14;1-11-5-7-12(8-6-11)23-14(9-13(22-23)16(2,3)4)21-15(24)25-10-17(18,19)20;/h5-6,9-20,22H,7-8,21H2,1-4H3,(H2,35,36,39);1-2,5-12H,3-4,13,19H2;5-9H,10H2,1-4H3,(H,21,24);1H4. The number of rotatable bonds is 16. The van der Waals surface area contributed by atoms with Crippen molar-refractivity contribution in [2.24, 2.45) is 0 Å². The Bertz CT molecular complexity index is 3840. The smallest absolute Gasteiger partial charge is 0.412 e. The molecule has 0 unspecified atom stereocenters. The van der Waals surface area contributed by atoms with E-state index < -0.39 is 9.89 Å². The molecule has 18 heteroatoms. The average Bonchev–Trinajstić information content (AvgIpc) is 3.31. The van der Waals surface area contributed by atoms with E-state index >= 15 is 0 Å². The Morgan fingerprint density at radius 3 is 1.41 bits per heavy atom. The maximum absolute atomic E-state index is 13.3. The highest BCUT2D eigenvalue weighted by atomic mass is 35.6. The number of carbonyl (C=O) groups excluding carboxylic acids is 2. The molecule has 4 heterocycles. The summed E-state index contributed by atoms with van der Waals surface area (Å²) in [5.74, 6) is 2.77. The molecular formula is C69H77Cl3N10O5. The molecule has 0 radical (unpaired) electrons. The van der Waals surface area contributed by atoms with Gasteiger partial charge in [-0.3, -0.25) is 20.6 Å². The van der Waals surface area contributed by atoms with Gasteiger partial charge in [0, 0.05) is 75.0 Å². The monoisotopic (exact) mass is 1230 g/mol. The Kier molecular flexibility index (Phi) is 22.8. The summed E-state index contributed by atoms with van der Waals surface area (Å²) >= 11 is 16.8. The summed E-state index contributed by atoms with van der Waals surface area (Å²) in [5.41, 5.74) is 15.4. The van der Waals surface area contributed by atoms with Crippen LogP contribution in [0.4, 0.5) is 32.6 Å². The van der Waals surface area contributed by atoms with Gasteiger partial charge in [-0.15, -0.1) is 0 Å². The second-order valence-electron chi connectivity index (χ2n) is 22.7. The van der Waals surface area contributed by atoms with Crippen molar-refractivity contribution < 1.29 is 23.8 Å². The molecule has 0 aliphatic carbocycles. The van der Waals surface area contributed by atoms with Crippen LogP contribution in [0.2, 0.25) is 0 Å². The lowest BCUT2D eigenvalue weighted by Crippen LogP contribution is -2.22. The Labute approximate surface area is 525 Å². The summed E-state index contributed by atoms with van der Waals surface area (Å²) in [4.78, 5) is 33.3. The number of urea groups is 1. The van der Waals surface area contributed by atoms with Crippen molar-refractivity contribution in [1.82, 2.24) is 29.5 Å². The van der Waals surface area contributed by atoms with Gasteiger partial charge >= 0.3 is 12.1 Å². The minimum absolute atomic E-state index is 0. The van der Waals surface area contributed by atoms with Crippen molar-refractivity contribution in [3.05, 3.63) is 216 Å². The molecular weight excluding hydrogens is 1160 g/mol. The zero-order chi connectivity index (χ0) is 61.4. The van der Waals surface area contributed by atoms with Gasteiger partial charge in [-0.2, -0.15) is 10.2 Å². The molecule has 0 atom stereocenters. The first kappa shape index (κ1) is 65.9. The lowest BCUT2D eigenvalue weighted by molar-refractivity contribution is 0.163. The molecule has 0 saturated heterocycles. The fourth-order valence-electron chi connectivity index (χ4n) is 8.94. The normalized spacial score (nSPS) is 11.3. The number of hydrogen-bond donors (Lipinski definition) is 4. The Morgan fingerprint density at radius 2 is 0.954 bits per heavy atom. The number of ether oxygens (including phenoxy) is 3. The van der Waals surface area contributed by atoms with Crippen molar-refractivity contribution in [2.75, 3.05) is 41.5 Å². The molecule has 0 aliphatic rings. The molecule has 454 valence electrons. The molecule has 6 aromatic carbocycles. The number of halogens is 3. The number of fused-ring (bicyclic) bond motifs is 2. The zero-order valence-corrected chi connectivity index (χ0v) is 52.0. The van der Waals surface area contributed by atoms with Gasteiger partial charge < -0.3 is 25.3 Å². The lowest BCUT2D eigenvalue weighted by atomic mass is 9.92. The third-order valence-corrected chi connectivity index (χ3v) is 14.0. The largest absolute Gasteiger partial charge is 0.493 e. The summed E-state index contributed by atoms with van der Waals surface area (Å²) in [6.07, 6.45) is 10.3. The number of hydrogen-bond acceptors (Lipinski definition) is 10. The summed E-state index contributed by atoms with van der Waals surface area (Å²) in [7, 11) is 0. The third-order valence-electron chi connectivity index (χ3n) is 13.6. The second-order valence-corrected chi connectivity index (χ2v) is 25.2. The third kappa shape index (κ3) is 19.2. The Morgan fingerprint density at radius 1 is 0.529 bits per heavy atom. The van der Waals surface area contributed by atoms with E-state index in [9.17, 15) is 9.59 Å². The van der Waals surface area contributed by atoms with Crippen LogP contribution in [-0.2, 0) is 28.4 Å². The van der Waals surface area contributed by atoms with Gasteiger partial charge in [0.25, 0.3) is 0 Å². The minimum Gasteiger partial charge on any atom is -0.493 e. The van der Waals surface area contributed by atoms with Crippen LogP contribution in [0.15, 0.2) is 183 Å². The van der Waals surface area contributed by atoms with Gasteiger partial charge in [-0.25, -0.2) is 19.0 Å². The number of pyridine rings is 2. The van der Waals surface area contributed by atoms with Gasteiger partial charge in [-0.1, -0.05) is 168 Å². The first-order valence-electron chi connectivity index (χ1n) is 28.3. The molecule has 0 aliphatic heterocycles. The fraction of sp³-hybridized carbons (Fsp3) is 0.275. The van der Waals surface area contributed by atoms with Gasteiger partial charge in [0.1, 0.15) is 29.7 Å². The van der Waals surface area contributed by atoms with Crippen molar-refractivity contribution >= 4 is 91.5 Å². The number of aromatic nitrogens is 6. The molecule has 10 rings (SSSR count). The van der Waals surface area contributed by atoms with E-state index in [2.05, 4.69) is 51.8 Å². The quantitative estimate of drug-likeness (QED) is 0.0412. The van der Waals surface area contributed by atoms with E-state index in [-0.39, 0.29) is 30.9 Å². The van der Waals surface area contributed by atoms with Crippen molar-refractivity contribution in [3.63, 3.8) is 0 Å². The van der Waals surface area contributed by atoms with Crippen LogP contribution < -0.4 is 31.2 Å². The number of nitrogens with one attached hydrogen (secondary N) is 3. The number of alkyl halides is 3. The van der Waals surface area contributed by atoms with Gasteiger partial charge in [0.15, 0.2) is 0 Å². The molecule has 3 amide bonds. The van der Waals surface area contributed by atoms with E-state index in [0.29, 0.717) is 30.5 Å². The van der Waals surface area contributed by atoms with Crippen molar-refractivity contribution in [2.45, 2.75) is 103 Å². The Hall–Kier alpha value is -8.63. The van der Waals surface area contributed by atoms with Gasteiger partial charge in [0.05, 0.1) is 41.7 Å². The number of aryl methyl sites for hydroxylation is 4. The molecule has 5 N–H and O–H groups in total. The number of amides is 3. The van der Waals surface area contributed by atoms with Crippen LogP contribution in [0.1, 0.15) is 95.5 Å². The number of carbonyl (C=O) groups is 2. The molecule has 0 saturated carbocycles. The number of nitrogen functional groups attached to an aromatic ring is 1. The van der Waals surface area contributed by atoms with Crippen molar-refractivity contribution in [3.8, 4) is 22.9 Å². The maximum Gasteiger partial charge on any atom is 0.412 e. The molecule has 0 spiro atoms. The molecule has 15 nitrogen and oxygen atoms in total. The number of benzene rings is 6. The van der Waals surface area contributed by atoms with Gasteiger partial charge in [0.2, 0.25) is 3.79 Å². The first-order chi connectivity index (χ1) is 41.1. The lowest BCUT2D eigenvalue weighted by Gasteiger charge is -2.14. The van der Waals surface area contributed by atoms with Crippen LogP contribution >= 0.6 is 34.8 Å². The first-order valence-corrected chi connectivity index (χ1v) is 29.5. The van der Waals surface area contributed by atoms with Crippen LogP contribution in [-0.4, -0.2) is 65.3 Å². The highest BCUT2D eigenvalue weighted by Crippen LogP contribution is 2.34. The SMILES string of the molecule is C.Cc1ccc(-n2nc(C(C)(C)C)cc2NC(=O)Nc2ccc(OCCCc3ccncc3)c3ccccc23)cc1.Cc1ccc(-n2nc(C(C)(C)C)cc2NC(=O)OCC(Cl)(Cl)Cl)cc1.Nc1ccc(OCCCc2ccncc2)c2ccccc12. The molecule has 0 bridgehead atoms. The van der Waals surface area contributed by atoms with Crippen molar-refractivity contribution in [1.29, 1.82) is 0 Å². The molecule has 0 fully saturated rings. The molecule has 87 heavy (non-hydrogen) atoms. The topological polar surface area (TPSA) is 185 Å². The summed E-state index contributed by atoms with van der Waals surface area (Å²) in [5, 5.41) is 22.1. The van der Waals surface area contributed by atoms with Gasteiger partial charge in [-0.05, 0) is 123 Å². The second kappa shape index (κ2) is 30.1. The molecule has 4 aromatic heterocycles. The van der Waals surface area contributed by atoms with Crippen LogP contribution in [0.25, 0.3) is 32.9 Å². The summed E-state index contributed by atoms with van der Waals surface area (Å²) in [6, 6.07) is 51.0. The fourth-order valence-corrected chi connectivity index (χ4v) is 9.10. The number of nitrogens with zero attached hydrogens (tertiary/aromatic N) is 6. The maximum atomic E-state index is 13.3. The summed E-state index contributed by atoms with van der Waals surface area (Å²) < 4.78 is 18.8. The highest BCUT2D eigenvalue weighted by Gasteiger charge is 2.26. The van der Waals surface area contributed by atoms with E-state index in [1.807, 2.05) is 211 Å². The number of anilines is 4. The van der Waals surface area contributed by atoms with E-state index in [1.54, 1.807) is 15.4 Å². The van der Waals surface area contributed by atoms with E-state index in [0.717, 1.165) is 98.3 Å². The van der Waals surface area contributed by atoms with Crippen LogP contribution in [0.5, 0.6) is 11.5 Å². The van der Waals surface area contributed by atoms with Crippen LogP contribution in [0.3, 0.4) is 0 Å².